The number of methoxy groups -OCH3 is 2. The maximum Gasteiger partial charge on any atom is 0.327 e. The predicted molar refractivity (Wildman–Crippen MR) is 127 cm³/mol. The van der Waals surface area contributed by atoms with Crippen LogP contribution in [0.25, 0.3) is 0 Å². The van der Waals surface area contributed by atoms with Gasteiger partial charge in [-0.05, 0) is 43.2 Å². The monoisotopic (exact) mass is 448 g/mol. The topological polar surface area (TPSA) is 69.0 Å². The van der Waals surface area contributed by atoms with E-state index in [4.69, 9.17) is 14.7 Å². The van der Waals surface area contributed by atoms with Gasteiger partial charge in [-0.1, -0.05) is 18.2 Å². The molecule has 1 atom stereocenters. The second-order valence-electron chi connectivity index (χ2n) is 8.62. The Labute approximate surface area is 196 Å². The lowest BCUT2D eigenvalue weighted by atomic mass is 9.97. The number of hydrogen-bond acceptors (Lipinski definition) is 7. The molecule has 0 amide bonds. The number of piperazine rings is 1. The van der Waals surface area contributed by atoms with Crippen LogP contribution in [-0.2, 0) is 9.53 Å². The van der Waals surface area contributed by atoms with Crippen molar-refractivity contribution >= 4 is 11.7 Å². The predicted octanol–water partition coefficient (Wildman–Crippen LogP) is 3.07. The molecule has 7 heteroatoms. The van der Waals surface area contributed by atoms with Crippen LogP contribution in [0, 0.1) is 11.3 Å². The van der Waals surface area contributed by atoms with Gasteiger partial charge < -0.3 is 14.4 Å². The van der Waals surface area contributed by atoms with E-state index >= 15 is 0 Å². The van der Waals surface area contributed by atoms with E-state index in [0.29, 0.717) is 17.4 Å². The normalized spacial score (nSPS) is 19.0. The van der Waals surface area contributed by atoms with Crippen molar-refractivity contribution in [2.75, 3.05) is 58.4 Å². The lowest BCUT2D eigenvalue weighted by molar-refractivity contribution is -0.148. The smallest absolute Gasteiger partial charge is 0.327 e. The van der Waals surface area contributed by atoms with E-state index in [1.54, 1.807) is 7.11 Å². The highest BCUT2D eigenvalue weighted by Gasteiger charge is 2.35. The molecule has 0 spiro atoms. The molecule has 1 unspecified atom stereocenters. The Bertz CT molecular complexity index is 972. The van der Waals surface area contributed by atoms with Gasteiger partial charge in [0.25, 0.3) is 0 Å². The van der Waals surface area contributed by atoms with Crippen molar-refractivity contribution in [3.63, 3.8) is 0 Å². The molecule has 2 aromatic rings. The van der Waals surface area contributed by atoms with Crippen molar-refractivity contribution in [1.82, 2.24) is 9.80 Å². The molecule has 2 heterocycles. The number of carbonyl (C=O) groups excluding carboxylic acids is 1. The summed E-state index contributed by atoms with van der Waals surface area (Å²) < 4.78 is 10.7. The third-order valence-corrected chi connectivity index (χ3v) is 6.91. The number of rotatable bonds is 6. The Morgan fingerprint density at radius 1 is 0.970 bits per heavy atom. The van der Waals surface area contributed by atoms with Crippen molar-refractivity contribution in [2.24, 2.45) is 0 Å². The first kappa shape index (κ1) is 23.1. The summed E-state index contributed by atoms with van der Waals surface area (Å²) in [7, 11) is 3.09. The van der Waals surface area contributed by atoms with Gasteiger partial charge in [0.15, 0.2) is 0 Å². The third-order valence-electron chi connectivity index (χ3n) is 6.91. The van der Waals surface area contributed by atoms with E-state index in [1.807, 2.05) is 48.5 Å². The second kappa shape index (κ2) is 10.7. The van der Waals surface area contributed by atoms with Gasteiger partial charge in [-0.2, -0.15) is 5.26 Å². The molecule has 4 rings (SSSR count). The molecular weight excluding hydrogens is 416 g/mol. The van der Waals surface area contributed by atoms with Gasteiger partial charge in [0.05, 0.1) is 25.9 Å². The number of piperidine rings is 1. The molecule has 0 aromatic heterocycles. The van der Waals surface area contributed by atoms with Crippen LogP contribution in [0.2, 0.25) is 0 Å². The zero-order valence-electron chi connectivity index (χ0n) is 19.4. The van der Waals surface area contributed by atoms with E-state index in [-0.39, 0.29) is 5.97 Å². The first-order valence-electron chi connectivity index (χ1n) is 11.6. The van der Waals surface area contributed by atoms with Crippen LogP contribution in [0.4, 0.5) is 5.69 Å². The average molecular weight is 449 g/mol. The molecule has 7 nitrogen and oxygen atoms in total. The van der Waals surface area contributed by atoms with E-state index < -0.39 is 6.04 Å². The number of ether oxygens (including phenoxy) is 2. The highest BCUT2D eigenvalue weighted by atomic mass is 16.5. The van der Waals surface area contributed by atoms with E-state index in [9.17, 15) is 4.79 Å². The third kappa shape index (κ3) is 5.13. The molecule has 0 N–H and O–H groups in total. The lowest BCUT2D eigenvalue weighted by Gasteiger charge is -2.44. The van der Waals surface area contributed by atoms with Gasteiger partial charge in [0, 0.05) is 56.6 Å². The number of para-hydroxylation sites is 1. The summed E-state index contributed by atoms with van der Waals surface area (Å²) in [5.41, 5.74) is 2.74. The van der Waals surface area contributed by atoms with Crippen LogP contribution in [-0.4, -0.2) is 75.3 Å². The van der Waals surface area contributed by atoms with Crippen LogP contribution in [0.1, 0.15) is 30.0 Å². The Kier molecular flexibility index (Phi) is 7.48. The molecule has 2 aliphatic heterocycles. The van der Waals surface area contributed by atoms with Crippen LogP contribution < -0.4 is 9.64 Å². The molecule has 0 radical (unpaired) electrons. The minimum Gasteiger partial charge on any atom is -0.496 e. The summed E-state index contributed by atoms with van der Waals surface area (Å²) in [5, 5.41) is 9.00. The Morgan fingerprint density at radius 3 is 2.24 bits per heavy atom. The number of benzene rings is 2. The molecule has 0 aliphatic carbocycles. The second-order valence-corrected chi connectivity index (χ2v) is 8.62. The van der Waals surface area contributed by atoms with Gasteiger partial charge in [0.1, 0.15) is 11.8 Å². The minimum atomic E-state index is -0.444. The maximum atomic E-state index is 12.7. The quantitative estimate of drug-likeness (QED) is 0.629. The number of likely N-dealkylation sites (tertiary alicyclic amines) is 1. The molecule has 2 saturated heterocycles. The summed E-state index contributed by atoms with van der Waals surface area (Å²) >= 11 is 0. The van der Waals surface area contributed by atoms with Gasteiger partial charge in [-0.3, -0.25) is 9.80 Å². The molecule has 0 saturated carbocycles. The van der Waals surface area contributed by atoms with Gasteiger partial charge in [-0.25, -0.2) is 4.79 Å². The Morgan fingerprint density at radius 2 is 1.64 bits per heavy atom. The van der Waals surface area contributed by atoms with Crippen molar-refractivity contribution < 1.29 is 14.3 Å². The van der Waals surface area contributed by atoms with Crippen LogP contribution in [0.3, 0.4) is 0 Å². The number of esters is 1. The van der Waals surface area contributed by atoms with Crippen molar-refractivity contribution in [3.8, 4) is 11.8 Å². The molecule has 33 heavy (non-hydrogen) atoms. The van der Waals surface area contributed by atoms with Gasteiger partial charge in [-0.15, -0.1) is 0 Å². The highest BCUT2D eigenvalue weighted by molar-refractivity contribution is 5.78. The Balaban J connectivity index is 1.35. The SMILES string of the molecule is COC(=O)C(c1ccccc1OC)N1CCC(N2CCN(c3ccc(C#N)cc3)CC2)CC1. The van der Waals surface area contributed by atoms with Crippen LogP contribution >= 0.6 is 0 Å². The summed E-state index contributed by atoms with van der Waals surface area (Å²) in [6.07, 6.45) is 2.05. The summed E-state index contributed by atoms with van der Waals surface area (Å²) in [6.45, 7) is 5.71. The summed E-state index contributed by atoms with van der Waals surface area (Å²) in [6, 6.07) is 17.8. The summed E-state index contributed by atoms with van der Waals surface area (Å²) in [5.74, 6) is 0.475. The number of nitriles is 1. The van der Waals surface area contributed by atoms with Crippen LogP contribution in [0.5, 0.6) is 5.75 Å². The number of nitrogens with zero attached hydrogens (tertiary/aromatic N) is 4. The van der Waals surface area contributed by atoms with E-state index in [1.165, 1.54) is 12.8 Å². The van der Waals surface area contributed by atoms with E-state index in [0.717, 1.165) is 57.7 Å². The molecular formula is C26H32N4O3. The fourth-order valence-corrected chi connectivity index (χ4v) is 5.08. The minimum absolute atomic E-state index is 0.242. The molecule has 0 bridgehead atoms. The fraction of sp³-hybridized carbons (Fsp3) is 0.462. The average Bonchev–Trinajstić information content (AvgIpc) is 2.89. The molecule has 174 valence electrons. The van der Waals surface area contributed by atoms with Gasteiger partial charge >= 0.3 is 5.97 Å². The summed E-state index contributed by atoms with van der Waals surface area (Å²) in [4.78, 5) is 19.9. The largest absolute Gasteiger partial charge is 0.496 e. The molecule has 2 fully saturated rings. The first-order chi connectivity index (χ1) is 16.1. The molecule has 2 aliphatic rings. The highest BCUT2D eigenvalue weighted by Crippen LogP contribution is 2.33. The van der Waals surface area contributed by atoms with Crippen molar-refractivity contribution in [1.29, 1.82) is 5.26 Å². The molecule has 2 aromatic carbocycles. The Hall–Kier alpha value is -3.08. The maximum absolute atomic E-state index is 12.7. The number of carbonyl (C=O) groups is 1. The lowest BCUT2D eigenvalue weighted by Crippen LogP contribution is -2.54. The van der Waals surface area contributed by atoms with Crippen molar-refractivity contribution in [2.45, 2.75) is 24.9 Å². The standard InChI is InChI=1S/C26H32N4O3/c1-32-24-6-4-3-5-23(24)25(26(31)33-2)30-13-11-22(12-14-30)29-17-15-28(16-18-29)21-9-7-20(19-27)8-10-21/h3-10,22,25H,11-18H2,1-2H3. The van der Waals surface area contributed by atoms with Crippen LogP contribution in [0.15, 0.2) is 48.5 Å². The zero-order chi connectivity index (χ0) is 23.2. The van der Waals surface area contributed by atoms with Gasteiger partial charge in [0.2, 0.25) is 0 Å². The zero-order valence-corrected chi connectivity index (χ0v) is 19.4. The fourth-order valence-electron chi connectivity index (χ4n) is 5.08. The first-order valence-corrected chi connectivity index (χ1v) is 11.6. The number of anilines is 1. The van der Waals surface area contributed by atoms with E-state index in [2.05, 4.69) is 20.8 Å². The number of hydrogen-bond donors (Lipinski definition) is 0. The van der Waals surface area contributed by atoms with Crippen molar-refractivity contribution in [3.05, 3.63) is 59.7 Å².